The number of fused-ring (bicyclic) bond motifs is 2. The first-order valence-electron chi connectivity index (χ1n) is 12.0. The van der Waals surface area contributed by atoms with Gasteiger partial charge in [0.1, 0.15) is 5.82 Å². The van der Waals surface area contributed by atoms with Gasteiger partial charge in [0.2, 0.25) is 0 Å². The summed E-state index contributed by atoms with van der Waals surface area (Å²) >= 11 is 0. The second kappa shape index (κ2) is 10.3. The van der Waals surface area contributed by atoms with Gasteiger partial charge in [0.15, 0.2) is 0 Å². The number of hydrogen-bond acceptors (Lipinski definition) is 2. The fourth-order valence-corrected chi connectivity index (χ4v) is 4.72. The normalized spacial score (nSPS) is 13.4. The second-order valence-corrected chi connectivity index (χ2v) is 9.17. The van der Waals surface area contributed by atoms with Crippen LogP contribution >= 0.6 is 0 Å². The van der Waals surface area contributed by atoms with Gasteiger partial charge in [-0.2, -0.15) is 13.2 Å². The SMILES string of the molecule is O=C(NC(Cc1ccc(C(F)(F)F)cc1)C(O)c1ccc(F)cc1)c1c2ccccc2cc2ccccc12. The number of hydrogen-bond donors (Lipinski definition) is 2. The van der Waals surface area contributed by atoms with Crippen molar-refractivity contribution < 1.29 is 27.5 Å². The molecule has 5 aromatic rings. The number of benzene rings is 5. The Balaban J connectivity index is 1.53. The summed E-state index contributed by atoms with van der Waals surface area (Å²) in [4.78, 5) is 13.8. The zero-order valence-corrected chi connectivity index (χ0v) is 20.0. The highest BCUT2D eigenvalue weighted by Gasteiger charge is 2.31. The average molecular weight is 518 g/mol. The molecule has 0 saturated carbocycles. The third-order valence-corrected chi connectivity index (χ3v) is 6.64. The van der Waals surface area contributed by atoms with E-state index in [-0.39, 0.29) is 6.42 Å². The Morgan fingerprint density at radius 3 is 1.89 bits per heavy atom. The molecule has 7 heteroatoms. The molecule has 3 nitrogen and oxygen atoms in total. The summed E-state index contributed by atoms with van der Waals surface area (Å²) in [6, 6.07) is 25.8. The molecule has 0 saturated heterocycles. The summed E-state index contributed by atoms with van der Waals surface area (Å²) in [6.45, 7) is 0. The first-order chi connectivity index (χ1) is 18.2. The topological polar surface area (TPSA) is 49.3 Å². The van der Waals surface area contributed by atoms with Gasteiger partial charge in [-0.1, -0.05) is 72.8 Å². The van der Waals surface area contributed by atoms with Gasteiger partial charge in [-0.05, 0) is 69.4 Å². The minimum Gasteiger partial charge on any atom is -0.386 e. The Kier molecular flexibility index (Phi) is 6.87. The lowest BCUT2D eigenvalue weighted by Gasteiger charge is -2.26. The maximum atomic E-state index is 13.8. The number of rotatable bonds is 6. The monoisotopic (exact) mass is 517 g/mol. The van der Waals surface area contributed by atoms with Gasteiger partial charge in [-0.3, -0.25) is 4.79 Å². The summed E-state index contributed by atoms with van der Waals surface area (Å²) in [5.41, 5.74) is 0.504. The van der Waals surface area contributed by atoms with Gasteiger partial charge in [-0.15, -0.1) is 0 Å². The first kappa shape index (κ1) is 25.4. The molecule has 0 radical (unpaired) electrons. The molecule has 1 amide bonds. The van der Waals surface area contributed by atoms with Crippen molar-refractivity contribution in [1.82, 2.24) is 5.32 Å². The minimum atomic E-state index is -4.48. The average Bonchev–Trinajstić information content (AvgIpc) is 2.91. The van der Waals surface area contributed by atoms with Crippen LogP contribution in [-0.4, -0.2) is 17.1 Å². The highest BCUT2D eigenvalue weighted by atomic mass is 19.4. The summed E-state index contributed by atoms with van der Waals surface area (Å²) in [6.07, 6.45) is -5.68. The van der Waals surface area contributed by atoms with Gasteiger partial charge >= 0.3 is 6.18 Å². The predicted octanol–water partition coefficient (Wildman–Crippen LogP) is 7.23. The first-order valence-corrected chi connectivity index (χ1v) is 12.0. The van der Waals surface area contributed by atoms with Gasteiger partial charge in [0.05, 0.1) is 23.3 Å². The fourth-order valence-electron chi connectivity index (χ4n) is 4.72. The maximum Gasteiger partial charge on any atom is 0.416 e. The third kappa shape index (κ3) is 5.24. The maximum absolute atomic E-state index is 13.8. The number of aliphatic hydroxyl groups excluding tert-OH is 1. The number of amides is 1. The Morgan fingerprint density at radius 1 is 0.789 bits per heavy atom. The van der Waals surface area contributed by atoms with Crippen LogP contribution in [0.5, 0.6) is 0 Å². The molecule has 0 aliphatic rings. The summed E-state index contributed by atoms with van der Waals surface area (Å²) < 4.78 is 52.7. The fraction of sp³-hybridized carbons (Fsp3) is 0.129. The van der Waals surface area contributed by atoms with Gasteiger partial charge in [0.25, 0.3) is 5.91 Å². The molecule has 0 aliphatic heterocycles. The van der Waals surface area contributed by atoms with Gasteiger partial charge in [-0.25, -0.2) is 4.39 Å². The van der Waals surface area contributed by atoms with Gasteiger partial charge in [0, 0.05) is 0 Å². The zero-order chi connectivity index (χ0) is 26.9. The second-order valence-electron chi connectivity index (χ2n) is 9.17. The molecular formula is C31H23F4NO2. The largest absolute Gasteiger partial charge is 0.416 e. The molecule has 2 atom stereocenters. The van der Waals surface area contributed by atoms with Crippen LogP contribution in [0.2, 0.25) is 0 Å². The lowest BCUT2D eigenvalue weighted by molar-refractivity contribution is -0.137. The molecule has 0 aliphatic carbocycles. The molecule has 0 bridgehead atoms. The van der Waals surface area contributed by atoms with Crippen molar-refractivity contribution in [3.8, 4) is 0 Å². The lowest BCUT2D eigenvalue weighted by atomic mass is 9.93. The number of alkyl halides is 3. The van der Waals surface area contributed by atoms with Crippen LogP contribution in [0, 0.1) is 5.82 Å². The number of nitrogens with one attached hydrogen (secondary N) is 1. The van der Waals surface area contributed by atoms with Crippen molar-refractivity contribution in [1.29, 1.82) is 0 Å². The third-order valence-electron chi connectivity index (χ3n) is 6.64. The van der Waals surface area contributed by atoms with Crippen LogP contribution < -0.4 is 5.32 Å². The Labute approximate surface area is 216 Å². The van der Waals surface area contributed by atoms with E-state index in [1.54, 1.807) is 0 Å². The standard InChI is InChI=1S/C31H23F4NO2/c32-24-15-11-20(12-16-24)29(37)27(17-19-9-13-23(14-10-19)31(33,34)35)36-30(38)28-25-7-3-1-5-21(25)18-22-6-2-4-8-26(22)28/h1-16,18,27,29,37H,17H2,(H,36,38). The van der Waals surface area contributed by atoms with E-state index in [0.717, 1.165) is 33.7 Å². The molecule has 0 heterocycles. The van der Waals surface area contributed by atoms with Crippen LogP contribution in [0.25, 0.3) is 21.5 Å². The van der Waals surface area contributed by atoms with E-state index in [1.165, 1.54) is 36.4 Å². The summed E-state index contributed by atoms with van der Waals surface area (Å²) in [5, 5.41) is 17.3. The number of halogens is 4. The highest BCUT2D eigenvalue weighted by Crippen LogP contribution is 2.31. The van der Waals surface area contributed by atoms with Gasteiger partial charge < -0.3 is 10.4 Å². The van der Waals surface area contributed by atoms with Crippen molar-refractivity contribution in [2.24, 2.45) is 0 Å². The van der Waals surface area contributed by atoms with Crippen LogP contribution in [0.1, 0.15) is 33.2 Å². The van der Waals surface area contributed by atoms with E-state index in [4.69, 9.17) is 0 Å². The molecule has 0 aromatic heterocycles. The van der Waals surface area contributed by atoms with E-state index in [9.17, 15) is 27.5 Å². The minimum absolute atomic E-state index is 0.0467. The van der Waals surface area contributed by atoms with Crippen LogP contribution in [0.15, 0.2) is 103 Å². The van der Waals surface area contributed by atoms with Crippen molar-refractivity contribution in [3.63, 3.8) is 0 Å². The van der Waals surface area contributed by atoms with E-state index in [0.29, 0.717) is 16.7 Å². The smallest absolute Gasteiger partial charge is 0.386 e. The molecular weight excluding hydrogens is 494 g/mol. The van der Waals surface area contributed by atoms with E-state index >= 15 is 0 Å². The molecule has 0 fully saturated rings. The number of aliphatic hydroxyl groups is 1. The van der Waals surface area contributed by atoms with Crippen molar-refractivity contribution in [2.75, 3.05) is 0 Å². The van der Waals surface area contributed by atoms with Crippen LogP contribution in [0.3, 0.4) is 0 Å². The number of carbonyl (C=O) groups excluding carboxylic acids is 1. The van der Waals surface area contributed by atoms with Crippen LogP contribution in [-0.2, 0) is 12.6 Å². The molecule has 2 unspecified atom stereocenters. The molecule has 0 spiro atoms. The van der Waals surface area contributed by atoms with Crippen molar-refractivity contribution in [2.45, 2.75) is 24.7 Å². The van der Waals surface area contributed by atoms with Crippen molar-refractivity contribution >= 4 is 27.5 Å². The Morgan fingerprint density at radius 2 is 1.34 bits per heavy atom. The number of carbonyl (C=O) groups is 1. The van der Waals surface area contributed by atoms with Crippen LogP contribution in [0.4, 0.5) is 17.6 Å². The molecule has 38 heavy (non-hydrogen) atoms. The van der Waals surface area contributed by atoms with E-state index in [1.807, 2.05) is 54.6 Å². The zero-order valence-electron chi connectivity index (χ0n) is 20.0. The molecule has 192 valence electrons. The summed E-state index contributed by atoms with van der Waals surface area (Å²) in [5.74, 6) is -0.914. The molecule has 2 N–H and O–H groups in total. The summed E-state index contributed by atoms with van der Waals surface area (Å²) in [7, 11) is 0. The highest BCUT2D eigenvalue weighted by molar-refractivity contribution is 6.18. The van der Waals surface area contributed by atoms with E-state index in [2.05, 4.69) is 5.32 Å². The molecule has 5 rings (SSSR count). The molecule has 5 aromatic carbocycles. The van der Waals surface area contributed by atoms with E-state index < -0.39 is 35.6 Å². The Bertz CT molecular complexity index is 1540. The lowest BCUT2D eigenvalue weighted by Crippen LogP contribution is -2.41. The quantitative estimate of drug-likeness (QED) is 0.185. The predicted molar refractivity (Wildman–Crippen MR) is 139 cm³/mol. The Hall–Kier alpha value is -4.23. The van der Waals surface area contributed by atoms with Crippen molar-refractivity contribution in [3.05, 3.63) is 131 Å².